The minimum absolute atomic E-state index is 0.435. The Morgan fingerprint density at radius 3 is 2.80 bits per heavy atom. The van der Waals surface area contributed by atoms with E-state index in [1.54, 1.807) is 7.11 Å². The van der Waals surface area contributed by atoms with Gasteiger partial charge in [0.1, 0.15) is 12.4 Å². The van der Waals surface area contributed by atoms with Crippen molar-refractivity contribution in [3.05, 3.63) is 17.6 Å². The zero-order valence-corrected chi connectivity index (χ0v) is 9.07. The average Bonchev–Trinajstić information content (AvgIpc) is 2.70. The molecule has 1 heterocycles. The highest BCUT2D eigenvalue weighted by molar-refractivity contribution is 5.31. The molecule has 4 nitrogen and oxygen atoms in total. The van der Waals surface area contributed by atoms with Crippen LogP contribution in [0.3, 0.4) is 0 Å². The van der Waals surface area contributed by atoms with Crippen LogP contribution in [0.25, 0.3) is 0 Å². The maximum Gasteiger partial charge on any atom is 0.156 e. The molecular formula is C11H17N3O. The van der Waals surface area contributed by atoms with E-state index in [0.717, 1.165) is 5.69 Å². The number of rotatable bonds is 3. The highest BCUT2D eigenvalue weighted by Gasteiger charge is 2.19. The van der Waals surface area contributed by atoms with Gasteiger partial charge in [-0.2, -0.15) is 0 Å². The Kier molecular flexibility index (Phi) is 3.16. The van der Waals surface area contributed by atoms with Gasteiger partial charge in [-0.25, -0.2) is 9.97 Å². The van der Waals surface area contributed by atoms with E-state index in [-0.39, 0.29) is 0 Å². The number of anilines is 1. The number of aromatic nitrogens is 2. The molecule has 1 saturated carbocycles. The fourth-order valence-electron chi connectivity index (χ4n) is 2.16. The lowest BCUT2D eigenvalue weighted by Gasteiger charge is -2.10. The SMILES string of the molecule is COCc1nc(N)cc(C2CCCC2)n1. The van der Waals surface area contributed by atoms with Crippen molar-refractivity contribution in [2.24, 2.45) is 0 Å². The van der Waals surface area contributed by atoms with Crippen molar-refractivity contribution < 1.29 is 4.74 Å². The Labute approximate surface area is 89.9 Å². The molecule has 0 bridgehead atoms. The summed E-state index contributed by atoms with van der Waals surface area (Å²) in [6, 6.07) is 1.90. The van der Waals surface area contributed by atoms with Gasteiger partial charge in [0, 0.05) is 24.8 Å². The first-order valence-corrected chi connectivity index (χ1v) is 5.42. The Morgan fingerprint density at radius 2 is 2.13 bits per heavy atom. The van der Waals surface area contributed by atoms with Gasteiger partial charge >= 0.3 is 0 Å². The molecule has 0 aliphatic heterocycles. The van der Waals surface area contributed by atoms with Crippen molar-refractivity contribution in [2.75, 3.05) is 12.8 Å². The smallest absolute Gasteiger partial charge is 0.156 e. The van der Waals surface area contributed by atoms with Crippen LogP contribution in [0.15, 0.2) is 6.07 Å². The second-order valence-electron chi connectivity index (χ2n) is 4.05. The maximum absolute atomic E-state index is 5.75. The van der Waals surface area contributed by atoms with Crippen LogP contribution in [0.2, 0.25) is 0 Å². The lowest BCUT2D eigenvalue weighted by molar-refractivity contribution is 0.177. The van der Waals surface area contributed by atoms with Gasteiger partial charge in [-0.15, -0.1) is 0 Å². The molecule has 0 radical (unpaired) electrons. The molecular weight excluding hydrogens is 190 g/mol. The van der Waals surface area contributed by atoms with Crippen LogP contribution >= 0.6 is 0 Å². The number of methoxy groups -OCH3 is 1. The van der Waals surface area contributed by atoms with E-state index in [2.05, 4.69) is 9.97 Å². The Balaban J connectivity index is 2.22. The van der Waals surface area contributed by atoms with E-state index in [4.69, 9.17) is 10.5 Å². The van der Waals surface area contributed by atoms with Crippen molar-refractivity contribution in [1.29, 1.82) is 0 Å². The molecule has 0 unspecified atom stereocenters. The zero-order chi connectivity index (χ0) is 10.7. The molecule has 82 valence electrons. The normalized spacial score (nSPS) is 17.1. The predicted molar refractivity (Wildman–Crippen MR) is 58.4 cm³/mol. The van der Waals surface area contributed by atoms with Crippen LogP contribution in [0, 0.1) is 0 Å². The van der Waals surface area contributed by atoms with Gasteiger partial charge in [-0.1, -0.05) is 12.8 Å². The zero-order valence-electron chi connectivity index (χ0n) is 9.07. The van der Waals surface area contributed by atoms with Crippen LogP contribution in [0.4, 0.5) is 5.82 Å². The molecule has 1 aromatic rings. The summed E-state index contributed by atoms with van der Waals surface area (Å²) in [5.41, 5.74) is 6.84. The van der Waals surface area contributed by atoms with E-state index >= 15 is 0 Å². The van der Waals surface area contributed by atoms with Gasteiger partial charge in [0.25, 0.3) is 0 Å². The largest absolute Gasteiger partial charge is 0.384 e. The van der Waals surface area contributed by atoms with Gasteiger partial charge < -0.3 is 10.5 Å². The maximum atomic E-state index is 5.75. The molecule has 1 aliphatic carbocycles. The third-order valence-corrected chi connectivity index (χ3v) is 2.86. The number of nitrogens with zero attached hydrogens (tertiary/aromatic N) is 2. The fraction of sp³-hybridized carbons (Fsp3) is 0.636. The molecule has 1 fully saturated rings. The number of hydrogen-bond acceptors (Lipinski definition) is 4. The number of nitrogens with two attached hydrogens (primary N) is 1. The highest BCUT2D eigenvalue weighted by atomic mass is 16.5. The quantitative estimate of drug-likeness (QED) is 0.821. The third-order valence-electron chi connectivity index (χ3n) is 2.86. The highest BCUT2D eigenvalue weighted by Crippen LogP contribution is 2.33. The molecule has 0 atom stereocenters. The minimum Gasteiger partial charge on any atom is -0.384 e. The summed E-state index contributed by atoms with van der Waals surface area (Å²) < 4.78 is 5.02. The minimum atomic E-state index is 0.435. The fourth-order valence-corrected chi connectivity index (χ4v) is 2.16. The third kappa shape index (κ3) is 2.45. The second kappa shape index (κ2) is 4.57. The summed E-state index contributed by atoms with van der Waals surface area (Å²) in [7, 11) is 1.64. The van der Waals surface area contributed by atoms with Crippen molar-refractivity contribution in [3.8, 4) is 0 Å². The van der Waals surface area contributed by atoms with Gasteiger partial charge in [-0.3, -0.25) is 0 Å². The Hall–Kier alpha value is -1.16. The Morgan fingerprint density at radius 1 is 1.40 bits per heavy atom. The summed E-state index contributed by atoms with van der Waals surface area (Å²) in [5, 5.41) is 0. The number of nitrogen functional groups attached to an aromatic ring is 1. The monoisotopic (exact) mass is 207 g/mol. The lowest BCUT2D eigenvalue weighted by Crippen LogP contribution is -2.06. The topological polar surface area (TPSA) is 61.0 Å². The van der Waals surface area contributed by atoms with Gasteiger partial charge in [0.2, 0.25) is 0 Å². The molecule has 4 heteroatoms. The van der Waals surface area contributed by atoms with E-state index < -0.39 is 0 Å². The van der Waals surface area contributed by atoms with E-state index in [1.165, 1.54) is 25.7 Å². The van der Waals surface area contributed by atoms with Crippen LogP contribution < -0.4 is 5.73 Å². The molecule has 2 N–H and O–H groups in total. The van der Waals surface area contributed by atoms with Crippen LogP contribution in [0.5, 0.6) is 0 Å². The summed E-state index contributed by atoms with van der Waals surface area (Å²) in [6.07, 6.45) is 5.05. The van der Waals surface area contributed by atoms with Gasteiger partial charge in [0.15, 0.2) is 5.82 Å². The number of ether oxygens (including phenoxy) is 1. The van der Waals surface area contributed by atoms with Crippen LogP contribution in [-0.2, 0) is 11.3 Å². The van der Waals surface area contributed by atoms with Crippen molar-refractivity contribution in [3.63, 3.8) is 0 Å². The molecule has 1 aromatic heterocycles. The summed E-state index contributed by atoms with van der Waals surface area (Å²) in [5.74, 6) is 1.82. The lowest BCUT2D eigenvalue weighted by atomic mass is 10.0. The number of hydrogen-bond donors (Lipinski definition) is 1. The molecule has 0 spiro atoms. The van der Waals surface area contributed by atoms with Gasteiger partial charge in [-0.05, 0) is 12.8 Å². The summed E-state index contributed by atoms with van der Waals surface area (Å²) in [6.45, 7) is 0.435. The van der Waals surface area contributed by atoms with Crippen molar-refractivity contribution >= 4 is 5.82 Å². The molecule has 15 heavy (non-hydrogen) atoms. The summed E-state index contributed by atoms with van der Waals surface area (Å²) in [4.78, 5) is 8.63. The molecule has 2 rings (SSSR count). The van der Waals surface area contributed by atoms with Gasteiger partial charge in [0.05, 0.1) is 0 Å². The first kappa shape index (κ1) is 10.4. The Bertz CT molecular complexity index is 335. The molecule has 0 amide bonds. The van der Waals surface area contributed by atoms with E-state index in [9.17, 15) is 0 Å². The van der Waals surface area contributed by atoms with E-state index in [1.807, 2.05) is 6.07 Å². The average molecular weight is 207 g/mol. The summed E-state index contributed by atoms with van der Waals surface area (Å²) >= 11 is 0. The van der Waals surface area contributed by atoms with Crippen molar-refractivity contribution in [2.45, 2.75) is 38.2 Å². The second-order valence-corrected chi connectivity index (χ2v) is 4.05. The predicted octanol–water partition coefficient (Wildman–Crippen LogP) is 1.86. The standard InChI is InChI=1S/C11H17N3O/c1-15-7-11-13-9(6-10(12)14-11)8-4-2-3-5-8/h6,8H,2-5,7H2,1H3,(H2,12,13,14). The molecule has 0 aromatic carbocycles. The molecule has 1 aliphatic rings. The van der Waals surface area contributed by atoms with Crippen LogP contribution in [-0.4, -0.2) is 17.1 Å². The van der Waals surface area contributed by atoms with Crippen molar-refractivity contribution in [1.82, 2.24) is 9.97 Å². The van der Waals surface area contributed by atoms with Crippen LogP contribution in [0.1, 0.15) is 43.1 Å². The first-order valence-electron chi connectivity index (χ1n) is 5.42. The van der Waals surface area contributed by atoms with E-state index in [0.29, 0.717) is 24.2 Å². The molecule has 0 saturated heterocycles. The first-order chi connectivity index (χ1) is 7.29.